The van der Waals surface area contributed by atoms with Crippen LogP contribution in [0.3, 0.4) is 0 Å². The molecule has 1 saturated heterocycles. The number of carbonyl (C=O) groups excluding carboxylic acids is 2. The fraction of sp³-hybridized carbons (Fsp3) is 0.857. The summed E-state index contributed by atoms with van der Waals surface area (Å²) in [6.45, 7) is 11.8. The zero-order valence-electron chi connectivity index (χ0n) is 12.4. The molecule has 0 aliphatic carbocycles. The van der Waals surface area contributed by atoms with Crippen molar-refractivity contribution in [3.63, 3.8) is 0 Å². The Hall–Kier alpha value is -1.06. The summed E-state index contributed by atoms with van der Waals surface area (Å²) in [6.07, 6.45) is 1.16. The topological polar surface area (TPSA) is 46.6 Å². The maximum Gasteiger partial charge on any atom is 0.410 e. The van der Waals surface area contributed by atoms with Crippen LogP contribution in [0, 0.1) is 5.92 Å². The second kappa shape index (κ2) is 4.90. The number of ketones is 1. The van der Waals surface area contributed by atoms with Crippen LogP contribution in [0.5, 0.6) is 0 Å². The number of carbonyl (C=O) groups is 2. The quantitative estimate of drug-likeness (QED) is 0.723. The van der Waals surface area contributed by atoms with Crippen molar-refractivity contribution in [1.82, 2.24) is 4.90 Å². The highest BCUT2D eigenvalue weighted by Gasteiger charge is 2.40. The largest absolute Gasteiger partial charge is 0.444 e. The number of nitrogens with zero attached hydrogens (tertiary/aromatic N) is 1. The molecule has 1 aliphatic heterocycles. The highest BCUT2D eigenvalue weighted by atomic mass is 16.6. The van der Waals surface area contributed by atoms with Gasteiger partial charge in [-0.25, -0.2) is 4.79 Å². The Bertz CT molecular complexity index is 341. The summed E-state index contributed by atoms with van der Waals surface area (Å²) in [6, 6.07) is 0. The lowest BCUT2D eigenvalue weighted by molar-refractivity contribution is -0.124. The number of likely N-dealkylation sites (tertiary alicyclic amines) is 1. The van der Waals surface area contributed by atoms with Gasteiger partial charge in [0.25, 0.3) is 0 Å². The first-order valence-corrected chi connectivity index (χ1v) is 6.54. The third-order valence-electron chi connectivity index (χ3n) is 3.37. The van der Waals surface area contributed by atoms with Crippen LogP contribution in [0.2, 0.25) is 0 Å². The Morgan fingerprint density at radius 3 is 2.22 bits per heavy atom. The summed E-state index contributed by atoms with van der Waals surface area (Å²) < 4.78 is 5.41. The molecule has 0 aromatic carbocycles. The second-order valence-electron chi connectivity index (χ2n) is 6.74. The minimum Gasteiger partial charge on any atom is -0.444 e. The number of Topliss-reactive ketones (excluding diaryl/α,β-unsaturated/α-hetero) is 1. The van der Waals surface area contributed by atoms with Crippen molar-refractivity contribution in [3.05, 3.63) is 0 Å². The molecular formula is C14H25NO3. The van der Waals surface area contributed by atoms with Gasteiger partial charge in [0.1, 0.15) is 11.4 Å². The maximum atomic E-state index is 12.1. The van der Waals surface area contributed by atoms with Gasteiger partial charge < -0.3 is 9.64 Å². The SMILES string of the molecule is CC(=O)C1CCN(C(=O)OC(C)(C)C)C(C)(C)C1. The molecule has 0 N–H and O–H groups in total. The van der Waals surface area contributed by atoms with Crippen LogP contribution in [-0.2, 0) is 9.53 Å². The van der Waals surface area contributed by atoms with Crippen LogP contribution in [0.4, 0.5) is 4.79 Å². The van der Waals surface area contributed by atoms with Crippen molar-refractivity contribution in [2.24, 2.45) is 5.92 Å². The lowest BCUT2D eigenvalue weighted by atomic mass is 9.81. The van der Waals surface area contributed by atoms with Crippen molar-refractivity contribution < 1.29 is 14.3 Å². The fourth-order valence-electron chi connectivity index (χ4n) is 2.41. The Labute approximate surface area is 110 Å². The van der Waals surface area contributed by atoms with E-state index in [1.807, 2.05) is 34.6 Å². The van der Waals surface area contributed by atoms with Crippen molar-refractivity contribution >= 4 is 11.9 Å². The number of hydrogen-bond acceptors (Lipinski definition) is 3. The predicted octanol–water partition coefficient (Wildman–Crippen LogP) is 3.00. The van der Waals surface area contributed by atoms with Crippen molar-refractivity contribution in [3.8, 4) is 0 Å². The highest BCUT2D eigenvalue weighted by molar-refractivity contribution is 5.79. The Balaban J connectivity index is 2.74. The first kappa shape index (κ1) is 15.0. The summed E-state index contributed by atoms with van der Waals surface area (Å²) in [5.74, 6) is 0.283. The Kier molecular flexibility index (Phi) is 4.08. The molecular weight excluding hydrogens is 230 g/mol. The molecule has 1 fully saturated rings. The van der Waals surface area contributed by atoms with E-state index in [1.165, 1.54) is 0 Å². The average Bonchev–Trinajstić information content (AvgIpc) is 2.12. The van der Waals surface area contributed by atoms with E-state index in [4.69, 9.17) is 4.74 Å². The molecule has 1 unspecified atom stereocenters. The average molecular weight is 255 g/mol. The van der Waals surface area contributed by atoms with E-state index in [9.17, 15) is 9.59 Å². The van der Waals surface area contributed by atoms with Gasteiger partial charge in [-0.05, 0) is 54.4 Å². The summed E-state index contributed by atoms with van der Waals surface area (Å²) >= 11 is 0. The minimum absolute atomic E-state index is 0.0682. The van der Waals surface area contributed by atoms with Gasteiger partial charge in [0.05, 0.1) is 0 Å². The summed E-state index contributed by atoms with van der Waals surface area (Å²) in [5, 5.41) is 0. The highest BCUT2D eigenvalue weighted by Crippen LogP contribution is 2.33. The molecule has 0 aromatic rings. The van der Waals surface area contributed by atoms with E-state index < -0.39 is 5.60 Å². The van der Waals surface area contributed by atoms with Crippen LogP contribution in [0.25, 0.3) is 0 Å². The molecule has 1 amide bonds. The molecule has 0 bridgehead atoms. The Morgan fingerprint density at radius 2 is 1.83 bits per heavy atom. The van der Waals surface area contributed by atoms with Gasteiger partial charge in [0.15, 0.2) is 0 Å². The van der Waals surface area contributed by atoms with Gasteiger partial charge in [-0.15, -0.1) is 0 Å². The first-order valence-electron chi connectivity index (χ1n) is 6.54. The monoisotopic (exact) mass is 255 g/mol. The minimum atomic E-state index is -0.482. The van der Waals surface area contributed by atoms with Gasteiger partial charge in [0.2, 0.25) is 0 Å². The van der Waals surface area contributed by atoms with Gasteiger partial charge in [-0.3, -0.25) is 4.79 Å². The van der Waals surface area contributed by atoms with Crippen LogP contribution < -0.4 is 0 Å². The van der Waals surface area contributed by atoms with Crippen LogP contribution in [0.1, 0.15) is 54.4 Å². The lowest BCUT2D eigenvalue weighted by Crippen LogP contribution is -2.54. The molecule has 0 radical (unpaired) electrons. The van der Waals surface area contributed by atoms with Crippen molar-refractivity contribution in [1.29, 1.82) is 0 Å². The predicted molar refractivity (Wildman–Crippen MR) is 70.4 cm³/mol. The molecule has 1 rings (SSSR count). The van der Waals surface area contributed by atoms with Crippen LogP contribution >= 0.6 is 0 Å². The normalized spacial score (nSPS) is 23.7. The smallest absolute Gasteiger partial charge is 0.410 e. The molecule has 18 heavy (non-hydrogen) atoms. The van der Waals surface area contributed by atoms with E-state index >= 15 is 0 Å². The molecule has 0 saturated carbocycles. The van der Waals surface area contributed by atoms with Crippen molar-refractivity contribution in [2.45, 2.75) is 65.5 Å². The number of ether oxygens (including phenoxy) is 1. The number of hydrogen-bond donors (Lipinski definition) is 0. The van der Waals surface area contributed by atoms with E-state index in [0.29, 0.717) is 13.0 Å². The van der Waals surface area contributed by atoms with Gasteiger partial charge in [-0.2, -0.15) is 0 Å². The molecule has 0 aromatic heterocycles. The molecule has 1 atom stereocenters. The standard InChI is InChI=1S/C14H25NO3/c1-10(16)11-7-8-15(14(5,6)9-11)12(17)18-13(2,3)4/h11H,7-9H2,1-6H3. The van der Waals surface area contributed by atoms with E-state index in [0.717, 1.165) is 6.42 Å². The molecule has 1 aliphatic rings. The molecule has 4 nitrogen and oxygen atoms in total. The second-order valence-corrected chi connectivity index (χ2v) is 6.74. The number of rotatable bonds is 1. The molecule has 0 spiro atoms. The van der Waals surface area contributed by atoms with Gasteiger partial charge in [0, 0.05) is 18.0 Å². The zero-order valence-corrected chi connectivity index (χ0v) is 12.4. The van der Waals surface area contributed by atoms with Crippen molar-refractivity contribution in [2.75, 3.05) is 6.54 Å². The number of amides is 1. The zero-order chi connectivity index (χ0) is 14.1. The van der Waals surface area contributed by atoms with E-state index in [1.54, 1.807) is 11.8 Å². The third-order valence-corrected chi connectivity index (χ3v) is 3.37. The van der Waals surface area contributed by atoms with Gasteiger partial charge in [-0.1, -0.05) is 0 Å². The fourth-order valence-corrected chi connectivity index (χ4v) is 2.41. The lowest BCUT2D eigenvalue weighted by Gasteiger charge is -2.45. The summed E-state index contributed by atoms with van der Waals surface area (Å²) in [4.78, 5) is 25.3. The van der Waals surface area contributed by atoms with Gasteiger partial charge >= 0.3 is 6.09 Å². The Morgan fingerprint density at radius 1 is 1.28 bits per heavy atom. The maximum absolute atomic E-state index is 12.1. The number of piperidine rings is 1. The van der Waals surface area contributed by atoms with E-state index in [-0.39, 0.29) is 23.3 Å². The molecule has 1 heterocycles. The molecule has 4 heteroatoms. The van der Waals surface area contributed by atoms with Crippen LogP contribution in [-0.4, -0.2) is 34.5 Å². The molecule has 104 valence electrons. The van der Waals surface area contributed by atoms with E-state index in [2.05, 4.69) is 0 Å². The summed E-state index contributed by atoms with van der Waals surface area (Å²) in [7, 11) is 0. The third kappa shape index (κ3) is 3.72. The summed E-state index contributed by atoms with van der Waals surface area (Å²) in [5.41, 5.74) is -0.804. The first-order chi connectivity index (χ1) is 8.03. The van der Waals surface area contributed by atoms with Crippen LogP contribution in [0.15, 0.2) is 0 Å².